The van der Waals surface area contributed by atoms with E-state index in [2.05, 4.69) is 65.7 Å². The van der Waals surface area contributed by atoms with Crippen LogP contribution in [0.4, 0.5) is 0 Å². The molecule has 3 N–H and O–H groups in total. The van der Waals surface area contributed by atoms with E-state index in [0.29, 0.717) is 76.4 Å². The lowest BCUT2D eigenvalue weighted by Gasteiger charge is -2.37. The SMILES string of the molecule is CCn1c(-c2cccnc2[C@H](C)OC)c2c3cc(ccc31)-c1csc(n1)C[C@H](NC(=O)C(C1CCCC1)N1CC[C@]3(CCN(C(=O)[C@H]4CN4)C3)C1=O)C(=O)N1CCC[C@H](N1)C(=O)OCC(C)(C)C2. The number of benzene rings is 1. The van der Waals surface area contributed by atoms with Gasteiger partial charge in [-0.2, -0.15) is 0 Å². The summed E-state index contributed by atoms with van der Waals surface area (Å²) in [5.41, 5.74) is 8.71. The first-order valence-electron chi connectivity index (χ1n) is 24.7. The molecule has 1 spiro atoms. The second kappa shape index (κ2) is 18.6. The molecule has 1 saturated carbocycles. The highest BCUT2D eigenvalue weighted by molar-refractivity contribution is 7.10. The third-order valence-electron chi connectivity index (χ3n) is 15.5. The quantitative estimate of drug-likeness (QED) is 0.148. The lowest BCUT2D eigenvalue weighted by Crippen LogP contribution is -2.62. The molecule has 8 heterocycles. The van der Waals surface area contributed by atoms with Gasteiger partial charge in [0.2, 0.25) is 17.7 Å². The van der Waals surface area contributed by atoms with E-state index in [4.69, 9.17) is 19.4 Å². The molecule has 6 bridgehead atoms. The number of nitrogens with zero attached hydrogens (tertiary/aromatic N) is 6. The van der Waals surface area contributed by atoms with Crippen LogP contribution in [0.2, 0.25) is 0 Å². The average Bonchev–Trinajstić information content (AvgIpc) is 3.75. The summed E-state index contributed by atoms with van der Waals surface area (Å²) in [5.74, 6) is -1.25. The molecule has 4 saturated heterocycles. The Morgan fingerprint density at radius 2 is 1.85 bits per heavy atom. The van der Waals surface area contributed by atoms with Gasteiger partial charge >= 0.3 is 5.97 Å². The number of fused-ring (bicyclic) bond motifs is 6. The molecule has 16 nitrogen and oxygen atoms in total. The van der Waals surface area contributed by atoms with Crippen molar-refractivity contribution in [2.24, 2.45) is 16.7 Å². The minimum absolute atomic E-state index is 0.0427. The second-order valence-corrected chi connectivity index (χ2v) is 21.7. The number of carbonyl (C=O) groups is 5. The van der Waals surface area contributed by atoms with E-state index in [-0.39, 0.29) is 54.7 Å². The van der Waals surface area contributed by atoms with E-state index in [0.717, 1.165) is 70.4 Å². The number of aryl methyl sites for hydroxylation is 1. The van der Waals surface area contributed by atoms with Crippen LogP contribution in [-0.2, 0) is 52.8 Å². The van der Waals surface area contributed by atoms with E-state index in [1.165, 1.54) is 16.3 Å². The average molecular weight is 948 g/mol. The van der Waals surface area contributed by atoms with Gasteiger partial charge in [-0.1, -0.05) is 32.8 Å². The number of esters is 1. The zero-order chi connectivity index (χ0) is 47.5. The number of ether oxygens (including phenoxy) is 2. The molecular weight excluding hydrogens is 883 g/mol. The number of methoxy groups -OCH3 is 1. The van der Waals surface area contributed by atoms with Crippen LogP contribution < -0.4 is 16.1 Å². The monoisotopic (exact) mass is 947 g/mol. The first-order valence-corrected chi connectivity index (χ1v) is 25.6. The topological polar surface area (TPSA) is 190 Å². The smallest absolute Gasteiger partial charge is 0.324 e. The van der Waals surface area contributed by atoms with Gasteiger partial charge in [-0.3, -0.25) is 34.0 Å². The highest BCUT2D eigenvalue weighted by Crippen LogP contribution is 2.45. The molecule has 1 unspecified atom stereocenters. The van der Waals surface area contributed by atoms with Gasteiger partial charge in [-0.05, 0) is 94.5 Å². The second-order valence-electron chi connectivity index (χ2n) is 20.8. The Balaban J connectivity index is 1.00. The molecule has 17 heteroatoms. The number of hydrogen-bond donors (Lipinski definition) is 3. The summed E-state index contributed by atoms with van der Waals surface area (Å²) >= 11 is 1.44. The molecule has 6 aliphatic rings. The standard InChI is InChI=1S/C51H65N9O7S/c1-6-58-40-16-15-32-23-34(40)35(44(58)33-13-9-19-52-42(33)30(2)66-5)25-50(3,4)29-67-48(64)36-14-10-20-60(56-36)47(63)37(24-41-54-39(32)27-68-41)55-45(61)43(31-11-7-8-12-31)59-22-18-51(49(59)65)17-21-57(28-51)46(62)38-26-53-38/h9,13,15-16,19,23,27,30-31,36-38,43,53,56H,6-8,10-12,14,17-18,20-22,24-26,28-29H2,1-5H3,(H,55,61)/t30-,36-,37-,38+,43?,51-/m0/s1. The normalized spacial score (nSPS) is 26.3. The van der Waals surface area contributed by atoms with E-state index < -0.39 is 34.9 Å². The van der Waals surface area contributed by atoms with Crippen molar-refractivity contribution in [1.29, 1.82) is 0 Å². The van der Waals surface area contributed by atoms with Gasteiger partial charge in [0.05, 0.1) is 46.3 Å². The summed E-state index contributed by atoms with van der Waals surface area (Å²) in [6.45, 7) is 11.5. The Morgan fingerprint density at radius 3 is 2.62 bits per heavy atom. The maximum absolute atomic E-state index is 15.0. The highest BCUT2D eigenvalue weighted by atomic mass is 32.1. The van der Waals surface area contributed by atoms with Crippen LogP contribution >= 0.6 is 11.3 Å². The summed E-state index contributed by atoms with van der Waals surface area (Å²) in [6, 6.07) is 7.76. The largest absolute Gasteiger partial charge is 0.464 e. The molecule has 68 heavy (non-hydrogen) atoms. The molecule has 4 amide bonds. The van der Waals surface area contributed by atoms with E-state index in [1.807, 2.05) is 23.3 Å². The molecule has 3 aromatic heterocycles. The molecule has 4 aromatic rings. The number of cyclic esters (lactones) is 1. The number of hydrogen-bond acceptors (Lipinski definition) is 12. The molecular formula is C51H65N9O7S. The van der Waals surface area contributed by atoms with Gasteiger partial charge in [0.15, 0.2) is 0 Å². The van der Waals surface area contributed by atoms with Crippen LogP contribution in [0.3, 0.4) is 0 Å². The van der Waals surface area contributed by atoms with Gasteiger partial charge in [0.25, 0.3) is 5.91 Å². The van der Waals surface area contributed by atoms with E-state index >= 15 is 0 Å². The highest BCUT2D eigenvalue weighted by Gasteiger charge is 2.56. The Bertz CT molecular complexity index is 2620. The number of aromatic nitrogens is 3. The molecule has 0 radical (unpaired) electrons. The van der Waals surface area contributed by atoms with Crippen LogP contribution in [0.25, 0.3) is 33.4 Å². The summed E-state index contributed by atoms with van der Waals surface area (Å²) in [7, 11) is 1.69. The predicted octanol–water partition coefficient (Wildman–Crippen LogP) is 5.18. The van der Waals surface area contributed by atoms with Crippen LogP contribution in [0, 0.1) is 16.7 Å². The van der Waals surface area contributed by atoms with E-state index in [1.54, 1.807) is 18.2 Å². The van der Waals surface area contributed by atoms with Gasteiger partial charge < -0.3 is 34.5 Å². The number of hydrazine groups is 1. The number of nitrogens with one attached hydrogen (secondary N) is 3. The Morgan fingerprint density at radius 1 is 1.06 bits per heavy atom. The van der Waals surface area contributed by atoms with Gasteiger partial charge in [0, 0.05) is 91.8 Å². The van der Waals surface area contributed by atoms with Crippen molar-refractivity contribution in [3.05, 3.63) is 58.2 Å². The molecule has 362 valence electrons. The van der Waals surface area contributed by atoms with Crippen molar-refractivity contribution >= 4 is 51.8 Å². The van der Waals surface area contributed by atoms with Gasteiger partial charge in [0.1, 0.15) is 18.1 Å². The fourth-order valence-electron chi connectivity index (χ4n) is 11.7. The van der Waals surface area contributed by atoms with Crippen LogP contribution in [0.1, 0.15) is 101 Å². The number of thiazole rings is 1. The van der Waals surface area contributed by atoms with Crippen molar-refractivity contribution in [2.75, 3.05) is 46.4 Å². The minimum atomic E-state index is -1.04. The Hall–Kier alpha value is -5.23. The van der Waals surface area contributed by atoms with Crippen LogP contribution in [0.15, 0.2) is 41.9 Å². The van der Waals surface area contributed by atoms with E-state index in [9.17, 15) is 24.0 Å². The molecule has 1 aliphatic carbocycles. The predicted molar refractivity (Wildman–Crippen MR) is 257 cm³/mol. The van der Waals surface area contributed by atoms with Crippen molar-refractivity contribution in [3.63, 3.8) is 0 Å². The number of pyridine rings is 1. The molecule has 5 fully saturated rings. The number of rotatable bonds is 9. The molecule has 10 rings (SSSR count). The lowest BCUT2D eigenvalue weighted by atomic mass is 9.84. The fraction of sp³-hybridized carbons (Fsp3) is 0.588. The fourth-order valence-corrected chi connectivity index (χ4v) is 12.6. The molecule has 5 aliphatic heterocycles. The number of amides is 4. The first-order chi connectivity index (χ1) is 32.8. The first kappa shape index (κ1) is 46.5. The Labute approximate surface area is 401 Å². The Kier molecular flexibility index (Phi) is 12.7. The minimum Gasteiger partial charge on any atom is -0.464 e. The lowest BCUT2D eigenvalue weighted by molar-refractivity contribution is -0.155. The van der Waals surface area contributed by atoms with Crippen LogP contribution in [-0.4, -0.2) is 130 Å². The van der Waals surface area contributed by atoms with Gasteiger partial charge in [-0.25, -0.2) is 10.4 Å². The summed E-state index contributed by atoms with van der Waals surface area (Å²) in [6.07, 6.45) is 7.99. The summed E-state index contributed by atoms with van der Waals surface area (Å²) < 4.78 is 14.3. The summed E-state index contributed by atoms with van der Waals surface area (Å²) in [5, 5.41) is 11.5. The van der Waals surface area contributed by atoms with Crippen molar-refractivity contribution in [2.45, 2.75) is 129 Å². The molecule has 6 atom stereocenters. The maximum atomic E-state index is 15.0. The maximum Gasteiger partial charge on any atom is 0.324 e. The van der Waals surface area contributed by atoms with Crippen LogP contribution in [0.5, 0.6) is 0 Å². The zero-order valence-electron chi connectivity index (χ0n) is 40.0. The third-order valence-corrected chi connectivity index (χ3v) is 16.4. The third kappa shape index (κ3) is 8.72. The van der Waals surface area contributed by atoms with Gasteiger partial charge in [-0.15, -0.1) is 11.3 Å². The number of carbonyl (C=O) groups excluding carboxylic acids is 5. The van der Waals surface area contributed by atoms with Crippen molar-refractivity contribution in [1.82, 2.24) is 45.4 Å². The molecule has 1 aromatic carbocycles. The zero-order valence-corrected chi connectivity index (χ0v) is 40.8. The van der Waals surface area contributed by atoms with Crippen molar-refractivity contribution < 1.29 is 33.4 Å². The summed E-state index contributed by atoms with van der Waals surface area (Å²) in [4.78, 5) is 85.0. The number of likely N-dealkylation sites (tertiary alicyclic amines) is 2. The van der Waals surface area contributed by atoms with Crippen molar-refractivity contribution in [3.8, 4) is 22.5 Å².